The molecule has 3 atom stereocenters. The second-order valence-corrected chi connectivity index (χ2v) is 6.04. The van der Waals surface area contributed by atoms with Gasteiger partial charge in [0.25, 0.3) is 0 Å². The normalized spacial score (nSPS) is 25.4. The van der Waals surface area contributed by atoms with E-state index in [1.165, 1.54) is 0 Å². The maximum atomic E-state index is 11.0. The molecule has 1 aliphatic heterocycles. The summed E-state index contributed by atoms with van der Waals surface area (Å²) in [5.41, 5.74) is 1.66. The van der Waals surface area contributed by atoms with Crippen LogP contribution in [-0.4, -0.2) is 17.8 Å². The van der Waals surface area contributed by atoms with Crippen LogP contribution in [0.4, 0.5) is 0 Å². The smallest absolute Gasteiger partial charge is 0.226 e. The van der Waals surface area contributed by atoms with Crippen molar-refractivity contribution in [2.75, 3.05) is 6.61 Å². The largest absolute Gasteiger partial charge is 0.382 e. The van der Waals surface area contributed by atoms with Crippen LogP contribution in [0.2, 0.25) is 0 Å². The third-order valence-corrected chi connectivity index (χ3v) is 4.36. The van der Waals surface area contributed by atoms with Gasteiger partial charge in [-0.3, -0.25) is 0 Å². The van der Waals surface area contributed by atoms with Gasteiger partial charge in [-0.05, 0) is 12.0 Å². The van der Waals surface area contributed by atoms with Crippen molar-refractivity contribution in [3.05, 3.63) is 71.8 Å². The van der Waals surface area contributed by atoms with E-state index in [4.69, 9.17) is 9.47 Å². The van der Waals surface area contributed by atoms with Gasteiger partial charge in [0.05, 0.1) is 12.7 Å². The fourth-order valence-electron chi connectivity index (χ4n) is 3.08. The summed E-state index contributed by atoms with van der Waals surface area (Å²) in [5.74, 6) is -1.12. The Morgan fingerprint density at radius 2 is 1.74 bits per heavy atom. The Morgan fingerprint density at radius 1 is 1.09 bits per heavy atom. The van der Waals surface area contributed by atoms with Gasteiger partial charge in [0.1, 0.15) is 6.10 Å². The van der Waals surface area contributed by atoms with Crippen molar-refractivity contribution in [3.8, 4) is 0 Å². The van der Waals surface area contributed by atoms with Crippen molar-refractivity contribution in [3.63, 3.8) is 0 Å². The summed E-state index contributed by atoms with van der Waals surface area (Å²) < 4.78 is 12.4. The summed E-state index contributed by atoms with van der Waals surface area (Å²) in [7, 11) is 0. The topological polar surface area (TPSA) is 38.7 Å². The minimum Gasteiger partial charge on any atom is -0.382 e. The van der Waals surface area contributed by atoms with E-state index in [1.54, 1.807) is 0 Å². The molecule has 0 aliphatic carbocycles. The highest BCUT2D eigenvalue weighted by molar-refractivity contribution is 5.28. The lowest BCUT2D eigenvalue weighted by Gasteiger charge is -2.33. The second kappa shape index (κ2) is 7.26. The maximum Gasteiger partial charge on any atom is 0.226 e. The molecule has 23 heavy (non-hydrogen) atoms. The predicted octanol–water partition coefficient (Wildman–Crippen LogP) is 4.18. The van der Waals surface area contributed by atoms with Crippen LogP contribution in [-0.2, 0) is 15.3 Å². The first-order chi connectivity index (χ1) is 11.3. The highest BCUT2D eigenvalue weighted by Gasteiger charge is 2.49. The molecule has 0 radical (unpaired) electrons. The summed E-state index contributed by atoms with van der Waals surface area (Å²) in [6.45, 7) is 2.68. The molecule has 3 heteroatoms. The molecule has 0 amide bonds. The van der Waals surface area contributed by atoms with Gasteiger partial charge in [-0.2, -0.15) is 0 Å². The van der Waals surface area contributed by atoms with Crippen LogP contribution in [0, 0.1) is 0 Å². The molecule has 1 aliphatic rings. The second-order valence-electron chi connectivity index (χ2n) is 6.04. The van der Waals surface area contributed by atoms with Crippen LogP contribution in [0.5, 0.6) is 0 Å². The van der Waals surface area contributed by atoms with Gasteiger partial charge in [0.2, 0.25) is 5.79 Å². The van der Waals surface area contributed by atoms with Gasteiger partial charge in [-0.25, -0.2) is 0 Å². The fraction of sp³-hybridized carbons (Fsp3) is 0.400. The summed E-state index contributed by atoms with van der Waals surface area (Å²) in [5, 5.41) is 11.0. The van der Waals surface area contributed by atoms with Crippen LogP contribution < -0.4 is 0 Å². The summed E-state index contributed by atoms with van der Waals surface area (Å²) in [4.78, 5) is 0. The molecule has 3 unspecified atom stereocenters. The number of unbranched alkanes of at least 4 members (excludes halogenated alkanes) is 1. The van der Waals surface area contributed by atoms with Crippen molar-refractivity contribution in [1.29, 1.82) is 0 Å². The van der Waals surface area contributed by atoms with Crippen molar-refractivity contribution in [2.24, 2.45) is 0 Å². The summed E-state index contributed by atoms with van der Waals surface area (Å²) >= 11 is 0. The highest BCUT2D eigenvalue weighted by atomic mass is 16.8. The number of hydrogen-bond acceptors (Lipinski definition) is 3. The Morgan fingerprint density at radius 3 is 2.39 bits per heavy atom. The molecular formula is C20H24O3. The highest BCUT2D eigenvalue weighted by Crippen LogP contribution is 2.45. The lowest BCUT2D eigenvalue weighted by atomic mass is 9.94. The molecule has 1 heterocycles. The molecule has 3 nitrogen and oxygen atoms in total. The fourth-order valence-corrected chi connectivity index (χ4v) is 3.08. The standard InChI is InChI=1S/C20H24O3/c1-2-3-14-18-15-22-20(23-18,17-12-8-5-9-13-17)19(21)16-10-6-4-7-11-16/h4-13,18-19,21H,2-3,14-15H2,1H3. The van der Waals surface area contributed by atoms with E-state index in [0.717, 1.165) is 30.4 Å². The Bertz CT molecular complexity index is 599. The molecule has 122 valence electrons. The zero-order chi connectivity index (χ0) is 16.1. The molecule has 1 N–H and O–H groups in total. The van der Waals surface area contributed by atoms with Gasteiger partial charge >= 0.3 is 0 Å². The molecule has 0 aromatic heterocycles. The van der Waals surface area contributed by atoms with E-state index in [2.05, 4.69) is 6.92 Å². The van der Waals surface area contributed by atoms with E-state index >= 15 is 0 Å². The van der Waals surface area contributed by atoms with Crippen LogP contribution >= 0.6 is 0 Å². The number of ether oxygens (including phenoxy) is 2. The van der Waals surface area contributed by atoms with E-state index < -0.39 is 11.9 Å². The van der Waals surface area contributed by atoms with Crippen LogP contribution in [0.1, 0.15) is 43.4 Å². The summed E-state index contributed by atoms with van der Waals surface area (Å²) in [6, 6.07) is 19.3. The Balaban J connectivity index is 1.92. The molecular weight excluding hydrogens is 288 g/mol. The van der Waals surface area contributed by atoms with Gasteiger partial charge in [0, 0.05) is 5.56 Å². The SMILES string of the molecule is CCCCC1COC(c2ccccc2)(C(O)c2ccccc2)O1. The zero-order valence-electron chi connectivity index (χ0n) is 13.5. The number of aliphatic hydroxyl groups excluding tert-OH is 1. The average Bonchev–Trinajstić information content (AvgIpc) is 3.06. The molecule has 0 bridgehead atoms. The van der Waals surface area contributed by atoms with Crippen molar-refractivity contribution >= 4 is 0 Å². The molecule has 0 spiro atoms. The predicted molar refractivity (Wildman–Crippen MR) is 89.9 cm³/mol. The van der Waals surface area contributed by atoms with E-state index in [0.29, 0.717) is 6.61 Å². The number of benzene rings is 2. The molecule has 3 rings (SSSR count). The van der Waals surface area contributed by atoms with Crippen LogP contribution in [0.3, 0.4) is 0 Å². The maximum absolute atomic E-state index is 11.0. The Kier molecular flexibility index (Phi) is 5.11. The lowest BCUT2D eigenvalue weighted by molar-refractivity contribution is -0.241. The van der Waals surface area contributed by atoms with E-state index in [-0.39, 0.29) is 6.10 Å². The Hall–Kier alpha value is -1.68. The van der Waals surface area contributed by atoms with Crippen molar-refractivity contribution in [1.82, 2.24) is 0 Å². The van der Waals surface area contributed by atoms with Crippen LogP contribution in [0.15, 0.2) is 60.7 Å². The van der Waals surface area contributed by atoms with Crippen molar-refractivity contribution < 1.29 is 14.6 Å². The molecule has 2 aromatic rings. The molecule has 2 aromatic carbocycles. The average molecular weight is 312 g/mol. The minimum absolute atomic E-state index is 0.0218. The number of rotatable bonds is 6. The van der Waals surface area contributed by atoms with Crippen LogP contribution in [0.25, 0.3) is 0 Å². The lowest BCUT2D eigenvalue weighted by Crippen LogP contribution is -2.35. The van der Waals surface area contributed by atoms with E-state index in [9.17, 15) is 5.11 Å². The summed E-state index contributed by atoms with van der Waals surface area (Å²) in [6.07, 6.45) is 2.33. The first-order valence-corrected chi connectivity index (χ1v) is 8.36. The van der Waals surface area contributed by atoms with Gasteiger partial charge < -0.3 is 14.6 Å². The zero-order valence-corrected chi connectivity index (χ0v) is 13.5. The third kappa shape index (κ3) is 3.32. The Labute approximate surface area is 137 Å². The monoisotopic (exact) mass is 312 g/mol. The van der Waals surface area contributed by atoms with Gasteiger partial charge in [-0.1, -0.05) is 80.4 Å². The minimum atomic E-state index is -1.12. The molecule has 1 saturated heterocycles. The quantitative estimate of drug-likeness (QED) is 0.869. The number of aliphatic hydroxyl groups is 1. The molecule has 0 saturated carbocycles. The first kappa shape index (κ1) is 16.2. The number of hydrogen-bond donors (Lipinski definition) is 1. The van der Waals surface area contributed by atoms with E-state index in [1.807, 2.05) is 60.7 Å². The van der Waals surface area contributed by atoms with Gasteiger partial charge in [-0.15, -0.1) is 0 Å². The first-order valence-electron chi connectivity index (χ1n) is 8.36. The molecule has 1 fully saturated rings. The van der Waals surface area contributed by atoms with Crippen molar-refractivity contribution in [2.45, 2.75) is 44.2 Å². The third-order valence-electron chi connectivity index (χ3n) is 4.36. The van der Waals surface area contributed by atoms with Gasteiger partial charge in [0.15, 0.2) is 0 Å².